The van der Waals surface area contributed by atoms with E-state index in [9.17, 15) is 0 Å². The molecule has 2 saturated heterocycles. The quantitative estimate of drug-likeness (QED) is 0.795. The van der Waals surface area contributed by atoms with Gasteiger partial charge in [-0.3, -0.25) is 4.90 Å². The van der Waals surface area contributed by atoms with Crippen LogP contribution < -0.4 is 5.32 Å². The van der Waals surface area contributed by atoms with Crippen molar-refractivity contribution in [2.24, 2.45) is 0 Å². The van der Waals surface area contributed by atoms with E-state index in [4.69, 9.17) is 0 Å². The fraction of sp³-hybridized carbons (Fsp3) is 1.00. The summed E-state index contributed by atoms with van der Waals surface area (Å²) >= 11 is 2.14. The van der Waals surface area contributed by atoms with Crippen LogP contribution in [-0.2, 0) is 0 Å². The van der Waals surface area contributed by atoms with Gasteiger partial charge in [0.05, 0.1) is 0 Å². The summed E-state index contributed by atoms with van der Waals surface area (Å²) in [6.07, 6.45) is 3.98. The van der Waals surface area contributed by atoms with E-state index in [0.29, 0.717) is 0 Å². The van der Waals surface area contributed by atoms with Crippen molar-refractivity contribution in [2.45, 2.75) is 51.2 Å². The zero-order valence-electron chi connectivity index (χ0n) is 10.0. The highest BCUT2D eigenvalue weighted by Gasteiger charge is 2.32. The molecular formula is C12H24N2S. The molecule has 0 aromatic rings. The SMILES string of the molecule is CCC1CN(C2CCSC2)C(CC)CN1. The summed E-state index contributed by atoms with van der Waals surface area (Å²) in [5.41, 5.74) is 0. The zero-order chi connectivity index (χ0) is 10.7. The third kappa shape index (κ3) is 2.69. The van der Waals surface area contributed by atoms with Gasteiger partial charge in [0.15, 0.2) is 0 Å². The van der Waals surface area contributed by atoms with Crippen molar-refractivity contribution >= 4 is 11.8 Å². The Kier molecular flexibility index (Phi) is 4.35. The smallest absolute Gasteiger partial charge is 0.0222 e. The van der Waals surface area contributed by atoms with E-state index in [1.807, 2.05) is 0 Å². The fourth-order valence-corrected chi connectivity index (χ4v) is 4.01. The molecule has 0 spiro atoms. The van der Waals surface area contributed by atoms with Crippen LogP contribution >= 0.6 is 11.8 Å². The second-order valence-corrected chi connectivity index (χ2v) is 5.94. The predicted octanol–water partition coefficient (Wildman–Crippen LogP) is 1.95. The first-order valence-electron chi connectivity index (χ1n) is 6.42. The number of hydrogen-bond donors (Lipinski definition) is 1. The number of nitrogens with zero attached hydrogens (tertiary/aromatic N) is 1. The Morgan fingerprint density at radius 3 is 2.80 bits per heavy atom. The third-order valence-corrected chi connectivity index (χ3v) is 5.03. The fourth-order valence-electron chi connectivity index (χ4n) is 2.77. The molecule has 0 saturated carbocycles. The molecule has 0 amide bonds. The van der Waals surface area contributed by atoms with Crippen molar-refractivity contribution in [2.75, 3.05) is 24.6 Å². The Hall–Kier alpha value is 0.270. The molecule has 2 aliphatic heterocycles. The number of rotatable bonds is 3. The van der Waals surface area contributed by atoms with Gasteiger partial charge < -0.3 is 5.32 Å². The Morgan fingerprint density at radius 1 is 1.33 bits per heavy atom. The van der Waals surface area contributed by atoms with E-state index < -0.39 is 0 Å². The molecule has 0 bridgehead atoms. The summed E-state index contributed by atoms with van der Waals surface area (Å²) in [6, 6.07) is 2.39. The number of thioether (sulfide) groups is 1. The molecule has 3 atom stereocenters. The summed E-state index contributed by atoms with van der Waals surface area (Å²) in [4.78, 5) is 2.80. The summed E-state index contributed by atoms with van der Waals surface area (Å²) in [5, 5.41) is 3.67. The van der Waals surface area contributed by atoms with Crippen molar-refractivity contribution in [3.05, 3.63) is 0 Å². The maximum Gasteiger partial charge on any atom is 0.0222 e. The van der Waals surface area contributed by atoms with Crippen LogP contribution in [0.1, 0.15) is 33.1 Å². The molecule has 15 heavy (non-hydrogen) atoms. The second kappa shape index (κ2) is 5.55. The van der Waals surface area contributed by atoms with E-state index in [2.05, 4.69) is 35.8 Å². The Morgan fingerprint density at radius 2 is 2.20 bits per heavy atom. The minimum Gasteiger partial charge on any atom is -0.311 e. The lowest BCUT2D eigenvalue weighted by atomic mass is 10.0. The van der Waals surface area contributed by atoms with Crippen LogP contribution in [-0.4, -0.2) is 47.6 Å². The standard InChI is InChI=1S/C12H24N2S/c1-3-10-8-14(11(4-2)7-13-10)12-5-6-15-9-12/h10-13H,3-9H2,1-2H3. The summed E-state index contributed by atoms with van der Waals surface area (Å²) in [6.45, 7) is 7.11. The minimum atomic E-state index is 0.735. The molecule has 2 fully saturated rings. The third-order valence-electron chi connectivity index (χ3n) is 3.88. The van der Waals surface area contributed by atoms with Crippen molar-refractivity contribution < 1.29 is 0 Å². The van der Waals surface area contributed by atoms with Gasteiger partial charge in [0.2, 0.25) is 0 Å². The molecular weight excluding hydrogens is 204 g/mol. The van der Waals surface area contributed by atoms with Gasteiger partial charge in [0.1, 0.15) is 0 Å². The molecule has 0 radical (unpaired) electrons. The molecule has 0 aromatic heterocycles. The van der Waals surface area contributed by atoms with E-state index in [1.165, 1.54) is 43.9 Å². The van der Waals surface area contributed by atoms with Gasteiger partial charge in [-0.05, 0) is 25.0 Å². The van der Waals surface area contributed by atoms with Crippen molar-refractivity contribution in [3.63, 3.8) is 0 Å². The van der Waals surface area contributed by atoms with E-state index in [-0.39, 0.29) is 0 Å². The maximum absolute atomic E-state index is 3.67. The van der Waals surface area contributed by atoms with E-state index in [1.54, 1.807) is 0 Å². The number of hydrogen-bond acceptors (Lipinski definition) is 3. The van der Waals surface area contributed by atoms with Gasteiger partial charge in [0, 0.05) is 37.0 Å². The molecule has 2 nitrogen and oxygen atoms in total. The van der Waals surface area contributed by atoms with Gasteiger partial charge >= 0.3 is 0 Å². The highest BCUT2D eigenvalue weighted by atomic mass is 32.2. The summed E-state index contributed by atoms with van der Waals surface area (Å²) in [7, 11) is 0. The van der Waals surface area contributed by atoms with Crippen LogP contribution in [0, 0.1) is 0 Å². The lowest BCUT2D eigenvalue weighted by Gasteiger charge is -2.43. The van der Waals surface area contributed by atoms with Crippen LogP contribution in [0.2, 0.25) is 0 Å². The molecule has 0 aromatic carbocycles. The van der Waals surface area contributed by atoms with Gasteiger partial charge in [-0.15, -0.1) is 0 Å². The topological polar surface area (TPSA) is 15.3 Å². The second-order valence-electron chi connectivity index (χ2n) is 4.79. The van der Waals surface area contributed by atoms with Gasteiger partial charge in [0.25, 0.3) is 0 Å². The molecule has 88 valence electrons. The normalized spacial score (nSPS) is 38.4. The first-order valence-corrected chi connectivity index (χ1v) is 7.57. The van der Waals surface area contributed by atoms with E-state index in [0.717, 1.165) is 18.1 Å². The maximum atomic E-state index is 3.67. The van der Waals surface area contributed by atoms with Gasteiger partial charge in [-0.2, -0.15) is 11.8 Å². The Bertz CT molecular complexity index is 190. The highest BCUT2D eigenvalue weighted by molar-refractivity contribution is 7.99. The van der Waals surface area contributed by atoms with Crippen LogP contribution in [0.3, 0.4) is 0 Å². The number of piperazine rings is 1. The minimum absolute atomic E-state index is 0.735. The monoisotopic (exact) mass is 228 g/mol. The van der Waals surface area contributed by atoms with Crippen LogP contribution in [0.15, 0.2) is 0 Å². The molecule has 1 N–H and O–H groups in total. The zero-order valence-corrected chi connectivity index (χ0v) is 10.9. The van der Waals surface area contributed by atoms with Crippen molar-refractivity contribution in [3.8, 4) is 0 Å². The first-order chi connectivity index (χ1) is 7.35. The Balaban J connectivity index is 1.96. The van der Waals surface area contributed by atoms with Gasteiger partial charge in [-0.25, -0.2) is 0 Å². The van der Waals surface area contributed by atoms with Crippen LogP contribution in [0.25, 0.3) is 0 Å². The first kappa shape index (κ1) is 11.7. The lowest BCUT2D eigenvalue weighted by Crippen LogP contribution is -2.59. The van der Waals surface area contributed by atoms with E-state index >= 15 is 0 Å². The van der Waals surface area contributed by atoms with Crippen molar-refractivity contribution in [1.82, 2.24) is 10.2 Å². The average Bonchev–Trinajstić information content (AvgIpc) is 2.81. The lowest BCUT2D eigenvalue weighted by molar-refractivity contribution is 0.0882. The molecule has 3 heteroatoms. The average molecular weight is 228 g/mol. The molecule has 0 aliphatic carbocycles. The molecule has 3 unspecified atom stereocenters. The highest BCUT2D eigenvalue weighted by Crippen LogP contribution is 2.26. The van der Waals surface area contributed by atoms with Crippen LogP contribution in [0.4, 0.5) is 0 Å². The number of nitrogens with one attached hydrogen (secondary N) is 1. The molecule has 2 aliphatic rings. The molecule has 2 rings (SSSR count). The van der Waals surface area contributed by atoms with Crippen molar-refractivity contribution in [1.29, 1.82) is 0 Å². The Labute approximate surface area is 98.2 Å². The summed E-state index contributed by atoms with van der Waals surface area (Å²) < 4.78 is 0. The molecule has 2 heterocycles. The largest absolute Gasteiger partial charge is 0.311 e. The van der Waals surface area contributed by atoms with Gasteiger partial charge in [-0.1, -0.05) is 13.8 Å². The van der Waals surface area contributed by atoms with Crippen LogP contribution in [0.5, 0.6) is 0 Å². The summed E-state index contributed by atoms with van der Waals surface area (Å²) in [5.74, 6) is 2.74. The predicted molar refractivity (Wildman–Crippen MR) is 68.6 cm³/mol.